The zero-order valence-corrected chi connectivity index (χ0v) is 12.9. The molecule has 0 atom stereocenters. The smallest absolute Gasteiger partial charge is 0.193 e. The van der Waals surface area contributed by atoms with Crippen LogP contribution in [0, 0.1) is 11.6 Å². The molecule has 0 fully saturated rings. The summed E-state index contributed by atoms with van der Waals surface area (Å²) in [5, 5.41) is 11.3. The highest BCUT2D eigenvalue weighted by molar-refractivity contribution is 9.10. The zero-order valence-electron chi connectivity index (χ0n) is 11.3. The van der Waals surface area contributed by atoms with Gasteiger partial charge in [-0.1, -0.05) is 17.3 Å². The van der Waals surface area contributed by atoms with Gasteiger partial charge in [-0.3, -0.25) is 5.10 Å². The summed E-state index contributed by atoms with van der Waals surface area (Å²) < 4.78 is 33.6. The lowest BCUT2D eigenvalue weighted by Crippen LogP contribution is -1.89. The predicted molar refractivity (Wildman–Crippen MR) is 82.4 cm³/mol. The van der Waals surface area contributed by atoms with E-state index in [4.69, 9.17) is 4.52 Å². The third-order valence-corrected chi connectivity index (χ3v) is 3.85. The molecule has 23 heavy (non-hydrogen) atoms. The van der Waals surface area contributed by atoms with Gasteiger partial charge in [-0.25, -0.2) is 13.8 Å². The quantitative estimate of drug-likeness (QED) is 0.565. The van der Waals surface area contributed by atoms with E-state index in [1.165, 1.54) is 18.3 Å². The average Bonchev–Trinajstić information content (AvgIpc) is 3.15. The van der Waals surface area contributed by atoms with E-state index in [0.717, 1.165) is 10.5 Å². The molecule has 0 aliphatic rings. The monoisotopic (exact) mass is 376 g/mol. The third kappa shape index (κ3) is 2.22. The lowest BCUT2D eigenvalue weighted by molar-refractivity contribution is 0.431. The Hall–Kier alpha value is -2.61. The Labute approximate surface area is 136 Å². The molecule has 5 nitrogen and oxygen atoms in total. The van der Waals surface area contributed by atoms with Crippen molar-refractivity contribution in [3.05, 3.63) is 52.8 Å². The van der Waals surface area contributed by atoms with Gasteiger partial charge >= 0.3 is 0 Å². The lowest BCUT2D eigenvalue weighted by Gasteiger charge is -2.03. The molecule has 4 aromatic rings. The van der Waals surface area contributed by atoms with E-state index >= 15 is 0 Å². The van der Waals surface area contributed by atoms with Crippen molar-refractivity contribution in [3.8, 4) is 22.6 Å². The number of pyridine rings is 1. The summed E-state index contributed by atoms with van der Waals surface area (Å²) in [5.41, 5.74) is 1.36. The first-order valence-corrected chi connectivity index (χ1v) is 7.33. The van der Waals surface area contributed by atoms with Gasteiger partial charge in [0.05, 0.1) is 17.1 Å². The maximum absolute atomic E-state index is 14.1. The summed E-state index contributed by atoms with van der Waals surface area (Å²) in [6.45, 7) is 0. The summed E-state index contributed by atoms with van der Waals surface area (Å²) in [7, 11) is 0. The van der Waals surface area contributed by atoms with E-state index in [1.807, 2.05) is 0 Å². The molecule has 0 radical (unpaired) electrons. The first-order valence-electron chi connectivity index (χ1n) is 6.54. The summed E-state index contributed by atoms with van der Waals surface area (Å²) >= 11 is 3.34. The number of aromatic nitrogens is 4. The number of nitrogens with one attached hydrogen (secondary N) is 1. The minimum absolute atomic E-state index is 0.0620. The van der Waals surface area contributed by atoms with Crippen molar-refractivity contribution >= 4 is 27.0 Å². The van der Waals surface area contributed by atoms with Crippen molar-refractivity contribution in [2.75, 3.05) is 0 Å². The van der Waals surface area contributed by atoms with Crippen LogP contribution in [0.3, 0.4) is 0 Å². The number of H-pyrrole nitrogens is 1. The van der Waals surface area contributed by atoms with Gasteiger partial charge in [0.25, 0.3) is 0 Å². The fourth-order valence-electron chi connectivity index (χ4n) is 2.37. The Morgan fingerprint density at radius 2 is 2.00 bits per heavy atom. The fourth-order valence-corrected chi connectivity index (χ4v) is 2.70. The molecule has 3 heterocycles. The van der Waals surface area contributed by atoms with Crippen molar-refractivity contribution in [1.29, 1.82) is 0 Å². The van der Waals surface area contributed by atoms with Crippen LogP contribution >= 0.6 is 15.9 Å². The Morgan fingerprint density at radius 3 is 2.87 bits per heavy atom. The summed E-state index contributed by atoms with van der Waals surface area (Å²) in [6, 6.07) is 5.74. The average molecular weight is 377 g/mol. The van der Waals surface area contributed by atoms with Gasteiger partial charge in [-0.2, -0.15) is 5.10 Å². The molecule has 0 aliphatic carbocycles. The topological polar surface area (TPSA) is 67.6 Å². The molecule has 0 unspecified atom stereocenters. The van der Waals surface area contributed by atoms with Crippen LogP contribution in [0.15, 0.2) is 45.7 Å². The molecule has 0 saturated heterocycles. The van der Waals surface area contributed by atoms with Crippen LogP contribution in [0.25, 0.3) is 33.6 Å². The molecular formula is C15H7BrF2N4O. The molecule has 0 bridgehead atoms. The number of aromatic amines is 1. The molecule has 0 aliphatic heterocycles. The fraction of sp³-hybridized carbons (Fsp3) is 0. The van der Waals surface area contributed by atoms with Crippen LogP contribution in [-0.2, 0) is 0 Å². The predicted octanol–water partition coefficient (Wildman–Crippen LogP) is 4.32. The second kappa shape index (κ2) is 5.24. The Bertz CT molecular complexity index is 1030. The molecule has 8 heteroatoms. The number of fused-ring (bicyclic) bond motifs is 1. The second-order valence-electron chi connectivity index (χ2n) is 4.79. The molecule has 0 saturated carbocycles. The van der Waals surface area contributed by atoms with Gasteiger partial charge in [0.15, 0.2) is 23.0 Å². The third-order valence-electron chi connectivity index (χ3n) is 3.42. The van der Waals surface area contributed by atoms with Gasteiger partial charge < -0.3 is 4.52 Å². The first kappa shape index (κ1) is 14.0. The summed E-state index contributed by atoms with van der Waals surface area (Å²) in [6.07, 6.45) is 2.95. The van der Waals surface area contributed by atoms with Gasteiger partial charge in [-0.15, -0.1) is 0 Å². The molecule has 0 spiro atoms. The molecule has 114 valence electrons. The largest absolute Gasteiger partial charge is 0.354 e. The van der Waals surface area contributed by atoms with Crippen LogP contribution in [0.1, 0.15) is 0 Å². The Balaban J connectivity index is 1.96. The number of hydrogen-bond donors (Lipinski definition) is 1. The van der Waals surface area contributed by atoms with Gasteiger partial charge in [-0.05, 0) is 28.1 Å². The van der Waals surface area contributed by atoms with E-state index in [9.17, 15) is 8.78 Å². The highest BCUT2D eigenvalue weighted by Gasteiger charge is 2.21. The van der Waals surface area contributed by atoms with Crippen LogP contribution in [0.2, 0.25) is 0 Å². The van der Waals surface area contributed by atoms with Crippen LogP contribution in [-0.4, -0.2) is 20.3 Å². The van der Waals surface area contributed by atoms with Crippen molar-refractivity contribution < 1.29 is 13.3 Å². The number of hydrogen-bond acceptors (Lipinski definition) is 4. The molecule has 3 aromatic heterocycles. The lowest BCUT2D eigenvalue weighted by atomic mass is 10.0. The van der Waals surface area contributed by atoms with Gasteiger partial charge in [0.2, 0.25) is 0 Å². The SMILES string of the molecule is Fc1cccc(-c2cnoc2-c2[nH]nc3ncc(Br)cc23)c1F. The minimum Gasteiger partial charge on any atom is -0.354 e. The Morgan fingerprint density at radius 1 is 1.13 bits per heavy atom. The second-order valence-corrected chi connectivity index (χ2v) is 5.71. The molecule has 1 N–H and O–H groups in total. The van der Waals surface area contributed by atoms with Crippen molar-refractivity contribution in [3.63, 3.8) is 0 Å². The van der Waals surface area contributed by atoms with Crippen LogP contribution in [0.5, 0.6) is 0 Å². The number of rotatable bonds is 2. The summed E-state index contributed by atoms with van der Waals surface area (Å²) in [4.78, 5) is 4.16. The number of halogens is 3. The van der Waals surface area contributed by atoms with E-state index in [0.29, 0.717) is 22.3 Å². The molecule has 4 rings (SSSR count). The molecule has 1 aromatic carbocycles. The van der Waals surface area contributed by atoms with Crippen LogP contribution < -0.4 is 0 Å². The Kier molecular flexibility index (Phi) is 3.19. The number of nitrogens with zero attached hydrogens (tertiary/aromatic N) is 3. The van der Waals surface area contributed by atoms with Crippen molar-refractivity contribution in [2.24, 2.45) is 0 Å². The standard InChI is InChI=1S/C15H7BrF2N4O/c16-7-4-9-13(21-22-15(9)19-5-7)14-10(6-20-23-14)8-2-1-3-11(17)12(8)18/h1-6H,(H,19,21,22). The van der Waals surface area contributed by atoms with Gasteiger partial charge in [0, 0.05) is 16.2 Å². The van der Waals surface area contributed by atoms with Crippen molar-refractivity contribution in [1.82, 2.24) is 20.3 Å². The maximum atomic E-state index is 14.1. The highest BCUT2D eigenvalue weighted by atomic mass is 79.9. The van der Waals surface area contributed by atoms with E-state index in [2.05, 4.69) is 36.3 Å². The minimum atomic E-state index is -0.958. The maximum Gasteiger partial charge on any atom is 0.193 e. The normalized spacial score (nSPS) is 11.3. The first-order chi connectivity index (χ1) is 11.1. The molecule has 0 amide bonds. The molecular weight excluding hydrogens is 370 g/mol. The number of benzene rings is 1. The van der Waals surface area contributed by atoms with E-state index in [1.54, 1.807) is 12.3 Å². The highest BCUT2D eigenvalue weighted by Crippen LogP contribution is 2.36. The van der Waals surface area contributed by atoms with Gasteiger partial charge in [0.1, 0.15) is 5.69 Å². The van der Waals surface area contributed by atoms with Crippen LogP contribution in [0.4, 0.5) is 8.78 Å². The van der Waals surface area contributed by atoms with E-state index < -0.39 is 11.6 Å². The summed E-state index contributed by atoms with van der Waals surface area (Å²) in [5.74, 6) is -1.63. The van der Waals surface area contributed by atoms with E-state index in [-0.39, 0.29) is 11.3 Å². The zero-order chi connectivity index (χ0) is 16.0. The van der Waals surface area contributed by atoms with Crippen molar-refractivity contribution in [2.45, 2.75) is 0 Å².